The first kappa shape index (κ1) is 46.5. The van der Waals surface area contributed by atoms with Crippen molar-refractivity contribution in [1.82, 2.24) is 4.90 Å². The summed E-state index contributed by atoms with van der Waals surface area (Å²) in [5.74, 6) is -7.31. The highest BCUT2D eigenvalue weighted by atomic mass is 35.5. The number of allylic oxidation sites excluding steroid dienone is 3. The zero-order valence-electron chi connectivity index (χ0n) is 35.0. The summed E-state index contributed by atoms with van der Waals surface area (Å²) in [5, 5.41) is 23.6. The van der Waals surface area contributed by atoms with Crippen LogP contribution in [0.25, 0.3) is 0 Å². The summed E-state index contributed by atoms with van der Waals surface area (Å²) in [4.78, 5) is 57.7. The van der Waals surface area contributed by atoms with Crippen LogP contribution in [0.4, 0.5) is 0 Å². The number of ketones is 2. The predicted octanol–water partition coefficient (Wildman–Crippen LogP) is 5.72. The number of esters is 1. The molecule has 14 atom stereocenters. The number of rotatable bonds is 6. The number of hydrogen-bond donors (Lipinski definition) is 2. The average molecular weight is 810 g/mol. The molecule has 3 heterocycles. The van der Waals surface area contributed by atoms with E-state index in [1.165, 1.54) is 19.1 Å². The molecule has 0 aromatic rings. The van der Waals surface area contributed by atoms with Gasteiger partial charge in [-0.2, -0.15) is 0 Å². The maximum absolute atomic E-state index is 14.3. The Morgan fingerprint density at radius 3 is 2.27 bits per heavy atom. The van der Waals surface area contributed by atoms with Gasteiger partial charge in [0.15, 0.2) is 0 Å². The van der Waals surface area contributed by atoms with E-state index in [0.29, 0.717) is 44.1 Å². The van der Waals surface area contributed by atoms with Crippen molar-refractivity contribution in [2.45, 2.75) is 166 Å². The van der Waals surface area contributed by atoms with Crippen molar-refractivity contribution in [3.8, 4) is 0 Å². The van der Waals surface area contributed by atoms with Crippen LogP contribution < -0.4 is 0 Å². The lowest BCUT2D eigenvalue weighted by atomic mass is 9.82. The average Bonchev–Trinajstić information content (AvgIpc) is 3.18. The lowest BCUT2D eigenvalue weighted by Crippen LogP contribution is -2.64. The molecule has 0 radical (unpaired) electrons. The van der Waals surface area contributed by atoms with Crippen LogP contribution in [-0.4, -0.2) is 120 Å². The summed E-state index contributed by atoms with van der Waals surface area (Å²) in [6.07, 6.45) is 5.16. The van der Waals surface area contributed by atoms with Crippen molar-refractivity contribution >= 4 is 35.0 Å². The number of carbonyl (C=O) groups excluding carboxylic acids is 4. The van der Waals surface area contributed by atoms with Crippen molar-refractivity contribution in [3.63, 3.8) is 0 Å². The molecule has 12 nitrogen and oxygen atoms in total. The molecule has 318 valence electrons. The van der Waals surface area contributed by atoms with E-state index in [4.69, 9.17) is 35.3 Å². The fraction of sp³-hybridized carbons (Fsp3) is 0.814. The summed E-state index contributed by atoms with van der Waals surface area (Å²) < 4.78 is 29.9. The van der Waals surface area contributed by atoms with E-state index in [1.54, 1.807) is 21.0 Å². The van der Waals surface area contributed by atoms with Gasteiger partial charge < -0.3 is 38.8 Å². The van der Waals surface area contributed by atoms with E-state index in [0.717, 1.165) is 18.4 Å². The van der Waals surface area contributed by atoms with Gasteiger partial charge in [0, 0.05) is 52.0 Å². The monoisotopic (exact) mass is 809 g/mol. The topological polar surface area (TPSA) is 158 Å². The number of amides is 1. The SMILES string of the molecule is CC[C@@H]1/C=C(\C)C[C@H](C)C[C@H](OC)[C@H]2O[C@@](O)(C(=O)C(=O)N3CCCC[C@H]3C(=O)OC(/C(C)=C/[C@@H]3CC[C@H](Cl)[C@H](OC)C3)[C@H](C)[C@@H](O)CC1=O)[C@H](C)C[C@@H]2OC. The third-order valence-corrected chi connectivity index (χ3v) is 13.3. The fourth-order valence-corrected chi connectivity index (χ4v) is 9.69. The number of methoxy groups -OCH3 is 3. The van der Waals surface area contributed by atoms with Crippen LogP contribution in [0.2, 0.25) is 0 Å². The number of carbonyl (C=O) groups is 4. The Labute approximate surface area is 339 Å². The standard InChI is InChI=1S/C43H68ClNO11/c1-10-30-18-24(2)17-25(3)19-36(53-8)39-37(54-9)21-27(5)43(51,56-39)40(48)41(49)45-16-12-11-13-32(45)42(50)55-38(28(6)33(46)23-34(30)47)26(4)20-29-14-15-31(44)35(22-29)52-7/h18,20,25,27-33,35-39,46,51H,10-17,19,21-23H2,1-9H3/b24-18+,26-20+/t25-,27+,28+,29-,30+,31-,32-,33-,35+,36-,37-,38?,39+,43+/m0/s1. The first-order valence-corrected chi connectivity index (χ1v) is 21.2. The summed E-state index contributed by atoms with van der Waals surface area (Å²) in [7, 11) is 4.71. The lowest BCUT2D eigenvalue weighted by Gasteiger charge is -2.47. The number of aliphatic hydroxyl groups is 2. The minimum Gasteiger partial charge on any atom is -0.456 e. The summed E-state index contributed by atoms with van der Waals surface area (Å²) in [5.41, 5.74) is 1.71. The van der Waals surface area contributed by atoms with Crippen LogP contribution in [0.3, 0.4) is 0 Å². The van der Waals surface area contributed by atoms with Crippen molar-refractivity contribution < 1.29 is 53.1 Å². The Morgan fingerprint density at radius 1 is 0.964 bits per heavy atom. The molecule has 4 aliphatic rings. The van der Waals surface area contributed by atoms with Crippen LogP contribution in [-0.2, 0) is 42.9 Å². The van der Waals surface area contributed by atoms with E-state index in [9.17, 15) is 29.4 Å². The van der Waals surface area contributed by atoms with Crippen molar-refractivity contribution in [2.75, 3.05) is 27.9 Å². The first-order chi connectivity index (χ1) is 26.5. The molecular weight excluding hydrogens is 742 g/mol. The van der Waals surface area contributed by atoms with E-state index < -0.39 is 77.8 Å². The summed E-state index contributed by atoms with van der Waals surface area (Å²) >= 11 is 6.52. The number of nitrogens with zero attached hydrogens (tertiary/aromatic N) is 1. The number of alkyl halides is 1. The molecule has 1 saturated carbocycles. The Morgan fingerprint density at radius 2 is 1.62 bits per heavy atom. The molecule has 1 unspecified atom stereocenters. The largest absolute Gasteiger partial charge is 0.456 e. The second-order valence-electron chi connectivity index (χ2n) is 17.1. The number of fused-ring (bicyclic) bond motifs is 3. The minimum atomic E-state index is -2.49. The van der Waals surface area contributed by atoms with Gasteiger partial charge in [0.25, 0.3) is 11.7 Å². The van der Waals surface area contributed by atoms with Gasteiger partial charge in [0.2, 0.25) is 5.79 Å². The second kappa shape index (κ2) is 20.7. The van der Waals surface area contributed by atoms with Gasteiger partial charge in [-0.15, -0.1) is 11.6 Å². The van der Waals surface area contributed by atoms with Gasteiger partial charge in [0.1, 0.15) is 24.0 Å². The highest BCUT2D eigenvalue weighted by Crippen LogP contribution is 2.39. The quantitative estimate of drug-likeness (QED) is 0.146. The van der Waals surface area contributed by atoms with E-state index in [1.807, 2.05) is 32.9 Å². The number of hydrogen-bond acceptors (Lipinski definition) is 11. The Hall–Kier alpha value is -2.19. The molecule has 2 saturated heterocycles. The fourth-order valence-electron chi connectivity index (χ4n) is 9.36. The molecule has 1 aliphatic carbocycles. The van der Waals surface area contributed by atoms with Crippen LogP contribution in [0.5, 0.6) is 0 Å². The van der Waals surface area contributed by atoms with Crippen molar-refractivity contribution in [3.05, 3.63) is 23.3 Å². The van der Waals surface area contributed by atoms with Gasteiger partial charge in [-0.3, -0.25) is 14.4 Å². The number of aliphatic hydroxyl groups excluding tert-OH is 1. The molecule has 0 aromatic carbocycles. The lowest BCUT2D eigenvalue weighted by molar-refractivity contribution is -0.302. The number of halogens is 1. The molecule has 13 heteroatoms. The third kappa shape index (κ3) is 10.9. The van der Waals surface area contributed by atoms with Gasteiger partial charge >= 0.3 is 5.97 Å². The number of ether oxygens (including phenoxy) is 5. The number of piperidine rings is 1. The summed E-state index contributed by atoms with van der Waals surface area (Å²) in [6.45, 7) is 11.3. The predicted molar refractivity (Wildman–Crippen MR) is 212 cm³/mol. The van der Waals surface area contributed by atoms with E-state index in [-0.39, 0.29) is 54.9 Å². The van der Waals surface area contributed by atoms with Gasteiger partial charge in [-0.05, 0) is 95.5 Å². The Bertz CT molecular complexity index is 1440. The highest BCUT2D eigenvalue weighted by Gasteiger charge is 2.56. The van der Waals surface area contributed by atoms with E-state index in [2.05, 4.69) is 6.92 Å². The summed E-state index contributed by atoms with van der Waals surface area (Å²) in [6, 6.07) is -1.12. The van der Waals surface area contributed by atoms with Crippen LogP contribution in [0, 0.1) is 29.6 Å². The Kier molecular flexibility index (Phi) is 17.2. The first-order valence-electron chi connectivity index (χ1n) is 20.7. The van der Waals surface area contributed by atoms with Crippen LogP contribution in [0.1, 0.15) is 112 Å². The zero-order valence-corrected chi connectivity index (χ0v) is 35.8. The second-order valence-corrected chi connectivity index (χ2v) is 17.7. The molecular formula is C43H68ClNO11. The van der Waals surface area contributed by atoms with Gasteiger partial charge in [-0.1, -0.05) is 45.4 Å². The van der Waals surface area contributed by atoms with E-state index >= 15 is 0 Å². The molecule has 2 N–H and O–H groups in total. The molecule has 0 aromatic heterocycles. The van der Waals surface area contributed by atoms with Crippen LogP contribution in [0.15, 0.2) is 23.3 Å². The highest BCUT2D eigenvalue weighted by molar-refractivity contribution is 6.39. The van der Waals surface area contributed by atoms with Crippen LogP contribution >= 0.6 is 11.6 Å². The maximum atomic E-state index is 14.3. The molecule has 4 rings (SSSR count). The van der Waals surface area contributed by atoms with Gasteiger partial charge in [-0.25, -0.2) is 4.79 Å². The number of Topliss-reactive ketones (excluding diaryl/α,β-unsaturated/α-hetero) is 2. The molecule has 1 amide bonds. The smallest absolute Gasteiger partial charge is 0.329 e. The Balaban J connectivity index is 1.76. The minimum absolute atomic E-state index is 0.0425. The van der Waals surface area contributed by atoms with Gasteiger partial charge in [0.05, 0.1) is 29.8 Å². The molecule has 56 heavy (non-hydrogen) atoms. The third-order valence-electron chi connectivity index (χ3n) is 12.8. The normalized spacial score (nSPS) is 41.6. The molecule has 3 aliphatic heterocycles. The van der Waals surface area contributed by atoms with Crippen molar-refractivity contribution in [2.24, 2.45) is 29.6 Å². The molecule has 2 bridgehead atoms. The molecule has 3 fully saturated rings. The number of cyclic esters (lactones) is 1. The molecule has 0 spiro atoms. The zero-order chi connectivity index (χ0) is 41.5. The van der Waals surface area contributed by atoms with Crippen molar-refractivity contribution in [1.29, 1.82) is 0 Å². The maximum Gasteiger partial charge on any atom is 0.329 e.